The lowest BCUT2D eigenvalue weighted by atomic mass is 10.1. The highest BCUT2D eigenvalue weighted by Gasteiger charge is 2.22. The Morgan fingerprint density at radius 2 is 0.762 bits per heavy atom. The fourth-order valence-corrected chi connectivity index (χ4v) is 13.3. The van der Waals surface area contributed by atoms with E-state index >= 15 is 0 Å². The Morgan fingerprint density at radius 1 is 0.341 bits per heavy atom. The molecule has 37 nitrogen and oxygen atoms in total. The fraction of sp³-hybridized carbons (Fsp3) is 0.629. The Balaban J connectivity index is 0.000000701. The Morgan fingerprint density at radius 3 is 1.29 bits per heavy atom. The van der Waals surface area contributed by atoms with Crippen LogP contribution in [0.15, 0.2) is 89.7 Å². The molecule has 0 atom stereocenters. The predicted octanol–water partition coefficient (Wildman–Crippen LogP) is 15.4. The minimum atomic E-state index is -0.0767. The smallest absolute Gasteiger partial charge is 0.296 e. The van der Waals surface area contributed by atoms with Gasteiger partial charge in [-0.25, -0.2) is 57.8 Å². The SMILES string of the molecule is CC.CC.CC.CC.CC.CC.CC.CC.CC.CC.CC.CC.CC.CC.O=c1c2[nH]ncc2nc2n1CCCC2.O=c1c2cn[nH]c2nc2n1CCCC2.O=c1c2cncn2nc2n1CCCC2.O=c1c2n[nH]nc2nc2n1CCCC2.O=c1c2nncn2nc2n1CCCC2.O=c1n2c(nc3cncn13)CCCC2.O=c1n2c(nc3nccn13)CCCC2. The minimum absolute atomic E-state index is 0.0119. The Labute approximate surface area is 742 Å². The van der Waals surface area contributed by atoms with Gasteiger partial charge < -0.3 is 0 Å². The van der Waals surface area contributed by atoms with E-state index in [2.05, 4.69) is 96.1 Å². The van der Waals surface area contributed by atoms with E-state index in [1.807, 2.05) is 194 Å². The van der Waals surface area contributed by atoms with Gasteiger partial charge in [-0.1, -0.05) is 194 Å². The van der Waals surface area contributed by atoms with E-state index in [1.54, 1.807) is 80.0 Å². The van der Waals surface area contributed by atoms with Crippen molar-refractivity contribution in [1.82, 2.24) is 146 Å². The molecule has 126 heavy (non-hydrogen) atoms. The van der Waals surface area contributed by atoms with Crippen LogP contribution < -0.4 is 39.2 Å². The van der Waals surface area contributed by atoms with Crippen LogP contribution in [0.1, 0.15) is 325 Å². The van der Waals surface area contributed by atoms with Crippen LogP contribution in [0.3, 0.4) is 0 Å². The number of nitrogens with one attached hydrogen (secondary N) is 3. The number of hydrogen-bond donors (Lipinski definition) is 3. The van der Waals surface area contributed by atoms with Gasteiger partial charge in [-0.3, -0.25) is 66.1 Å². The molecule has 3 N–H and O–H groups in total. The molecule has 0 aliphatic carbocycles. The summed E-state index contributed by atoms with van der Waals surface area (Å²) in [5.74, 6) is 6.63. The van der Waals surface area contributed by atoms with Crippen LogP contribution in [0.4, 0.5) is 0 Å². The topological polar surface area (TPSA) is 425 Å². The second-order valence-corrected chi connectivity index (χ2v) is 24.6. The minimum Gasteiger partial charge on any atom is -0.296 e. The summed E-state index contributed by atoms with van der Waals surface area (Å²) < 4.78 is 18.2. The molecule has 7 aliphatic rings. The first-order valence-electron chi connectivity index (χ1n) is 47.2. The van der Waals surface area contributed by atoms with Crippen molar-refractivity contribution in [3.05, 3.63) is 170 Å². The normalized spacial score (nSPS) is 12.9. The molecule has 0 unspecified atom stereocenters. The van der Waals surface area contributed by atoms with Gasteiger partial charge >= 0.3 is 11.4 Å². The highest BCUT2D eigenvalue weighted by molar-refractivity contribution is 5.73. The van der Waals surface area contributed by atoms with Gasteiger partial charge in [0, 0.05) is 103 Å². The van der Waals surface area contributed by atoms with Crippen molar-refractivity contribution in [2.45, 2.75) is 375 Å². The van der Waals surface area contributed by atoms with Gasteiger partial charge in [0.25, 0.3) is 27.8 Å². The summed E-state index contributed by atoms with van der Waals surface area (Å²) in [6.45, 7) is 61.5. The molecular formula is C89H152N30O7. The van der Waals surface area contributed by atoms with Gasteiger partial charge in [-0.15, -0.1) is 20.4 Å². The molecule has 21 rings (SSSR count). The molecule has 37 heteroatoms. The molecule has 0 fully saturated rings. The third kappa shape index (κ3) is 28.9. The zero-order valence-corrected chi connectivity index (χ0v) is 81.4. The average Bonchev–Trinajstić information content (AvgIpc) is 1.64. The van der Waals surface area contributed by atoms with Crippen LogP contribution in [0.5, 0.6) is 0 Å². The van der Waals surface area contributed by atoms with Crippen LogP contribution in [0.25, 0.3) is 55.8 Å². The molecule has 0 amide bonds. The zero-order valence-electron chi connectivity index (χ0n) is 81.4. The average molecular weight is 1750 g/mol. The maximum atomic E-state index is 11.9. The summed E-state index contributed by atoms with van der Waals surface area (Å²) in [4.78, 5) is 117. The molecular weight excluding hydrogens is 1600 g/mol. The summed E-state index contributed by atoms with van der Waals surface area (Å²) in [6, 6.07) is 0. The second kappa shape index (κ2) is 64.1. The number of rotatable bonds is 0. The van der Waals surface area contributed by atoms with Crippen LogP contribution in [-0.4, -0.2) is 146 Å². The van der Waals surface area contributed by atoms with Crippen LogP contribution in [-0.2, 0) is 90.8 Å². The quantitative estimate of drug-likeness (QED) is 0.127. The molecule has 14 aromatic heterocycles. The summed E-state index contributed by atoms with van der Waals surface area (Å²) in [5.41, 5.74) is 4.05. The van der Waals surface area contributed by atoms with Crippen LogP contribution in [0, 0.1) is 0 Å². The molecule has 0 saturated heterocycles. The maximum absolute atomic E-state index is 11.9. The van der Waals surface area contributed by atoms with E-state index < -0.39 is 0 Å². The van der Waals surface area contributed by atoms with Crippen molar-refractivity contribution in [3.8, 4) is 0 Å². The zero-order chi connectivity index (χ0) is 94.8. The number of H-pyrrole nitrogens is 3. The Hall–Kier alpha value is -11.7. The number of fused-ring (bicyclic) bond motifs is 14. The summed E-state index contributed by atoms with van der Waals surface area (Å²) in [5, 5.41) is 39.8. The Bertz CT molecular complexity index is 4780. The van der Waals surface area contributed by atoms with E-state index in [0.29, 0.717) is 55.8 Å². The van der Waals surface area contributed by atoms with Gasteiger partial charge in [0.2, 0.25) is 17.1 Å². The monoisotopic (exact) mass is 1750 g/mol. The van der Waals surface area contributed by atoms with E-state index in [4.69, 9.17) is 0 Å². The van der Waals surface area contributed by atoms with Crippen molar-refractivity contribution in [2.24, 2.45) is 0 Å². The van der Waals surface area contributed by atoms with Gasteiger partial charge in [-0.2, -0.15) is 35.1 Å². The van der Waals surface area contributed by atoms with Crippen molar-refractivity contribution in [3.63, 3.8) is 0 Å². The first kappa shape index (κ1) is 112. The highest BCUT2D eigenvalue weighted by Crippen LogP contribution is 2.18. The molecule has 0 aromatic carbocycles. The molecule has 0 bridgehead atoms. The molecule has 0 saturated carbocycles. The van der Waals surface area contributed by atoms with Crippen molar-refractivity contribution in [2.75, 3.05) is 0 Å². The fourth-order valence-electron chi connectivity index (χ4n) is 13.3. The number of nitrogens with zero attached hydrogens (tertiary/aromatic N) is 27. The Kier molecular flexibility index (Phi) is 57.1. The third-order valence-corrected chi connectivity index (χ3v) is 18.4. The number of imidazole rings is 3. The van der Waals surface area contributed by atoms with Gasteiger partial charge in [0.15, 0.2) is 16.8 Å². The number of aromatic amines is 3. The molecule has 0 radical (unpaired) electrons. The lowest BCUT2D eigenvalue weighted by Crippen LogP contribution is -2.32. The van der Waals surface area contributed by atoms with Crippen molar-refractivity contribution >= 4 is 55.8 Å². The van der Waals surface area contributed by atoms with E-state index in [-0.39, 0.29) is 39.2 Å². The van der Waals surface area contributed by atoms with Crippen LogP contribution in [0.2, 0.25) is 0 Å². The molecule has 14 aromatic rings. The largest absolute Gasteiger partial charge is 0.336 e. The molecule has 700 valence electrons. The first-order chi connectivity index (χ1) is 62.0. The number of aryl methyl sites for hydroxylation is 7. The molecule has 7 aliphatic heterocycles. The van der Waals surface area contributed by atoms with Crippen LogP contribution >= 0.6 is 0 Å². The summed E-state index contributed by atoms with van der Waals surface area (Å²) in [6.07, 6.45) is 35.6. The van der Waals surface area contributed by atoms with Gasteiger partial charge in [-0.05, 0) is 89.9 Å². The maximum Gasteiger partial charge on any atom is 0.336 e. The van der Waals surface area contributed by atoms with Crippen molar-refractivity contribution < 1.29 is 0 Å². The summed E-state index contributed by atoms with van der Waals surface area (Å²) >= 11 is 0. The lowest BCUT2D eigenvalue weighted by molar-refractivity contribution is 0.482. The van der Waals surface area contributed by atoms with E-state index in [0.717, 1.165) is 221 Å². The molecule has 0 spiro atoms. The van der Waals surface area contributed by atoms with Gasteiger partial charge in [0.05, 0.1) is 24.8 Å². The van der Waals surface area contributed by atoms with Crippen molar-refractivity contribution in [1.29, 1.82) is 0 Å². The molecule has 21 heterocycles. The first-order valence-corrected chi connectivity index (χ1v) is 47.2. The standard InChI is InChI=1S/5C9H10N4O.2C8H9N5O.14C2H6/c14-9-12-5-2-1-3-7(12)11-8-10-4-6-13(8)9;14-9-7-5-10-6-13(7)11-8-3-1-2-4-12(8)9;14-9-12-4-2-1-3-7(12)11-8-5-10-6-13(8)9;14-9-8-6(5-10-12-8)11-7-3-1-2-4-13(7)9;14-9-6-5-10-12-8(6)11-7-3-1-2-4-13(7)9;14-8-7-10-9-5-13(7)11-6-3-1-2-4-12(6)8;14-8-6-7(11-12-10-6)9-5-3-1-2-4-13(5)8;14*1-2/h4,6H,1-3,5H2;2*5-6H,1-4H2;2*5H,1-4H2,(H,10,12);5H,1-4H2;1-4H2,(H,10,11,12);14*1-2H3. The lowest BCUT2D eigenvalue weighted by Gasteiger charge is -2.16. The third-order valence-electron chi connectivity index (χ3n) is 18.4. The second-order valence-electron chi connectivity index (χ2n) is 24.6. The summed E-state index contributed by atoms with van der Waals surface area (Å²) in [7, 11) is 0. The van der Waals surface area contributed by atoms with Gasteiger partial charge in [0.1, 0.15) is 81.7 Å². The predicted molar refractivity (Wildman–Crippen MR) is 508 cm³/mol. The number of hydrogen-bond acceptors (Lipinski definition) is 23. The number of aromatic nitrogens is 30. The van der Waals surface area contributed by atoms with E-state index in [1.165, 1.54) is 26.0 Å². The van der Waals surface area contributed by atoms with E-state index in [9.17, 15) is 33.6 Å². The highest BCUT2D eigenvalue weighted by atomic mass is 16.2.